The van der Waals surface area contributed by atoms with E-state index >= 15 is 0 Å². The highest BCUT2D eigenvalue weighted by molar-refractivity contribution is 5.31. The largest absolute Gasteiger partial charge is 0.416 e. The van der Waals surface area contributed by atoms with Gasteiger partial charge in [0.25, 0.3) is 6.43 Å². The van der Waals surface area contributed by atoms with Gasteiger partial charge in [-0.3, -0.25) is 0 Å². The average molecular weight is 326 g/mol. The first-order valence-corrected chi connectivity index (χ1v) is 5.73. The third kappa shape index (κ3) is 3.03. The highest BCUT2D eigenvalue weighted by atomic mass is 19.4. The van der Waals surface area contributed by atoms with Crippen LogP contribution < -0.4 is 0 Å². The van der Waals surface area contributed by atoms with Gasteiger partial charge in [-0.25, -0.2) is 17.9 Å². The normalized spacial score (nSPS) is 15.1. The van der Waals surface area contributed by atoms with Crippen LogP contribution in [0, 0.1) is 5.82 Å². The summed E-state index contributed by atoms with van der Waals surface area (Å²) in [7, 11) is 0. The number of aliphatic hydroxyl groups is 1. The van der Waals surface area contributed by atoms with E-state index in [1.54, 1.807) is 0 Å². The van der Waals surface area contributed by atoms with Gasteiger partial charge in [-0.2, -0.15) is 13.2 Å². The molecule has 1 aromatic carbocycles. The van der Waals surface area contributed by atoms with Crippen molar-refractivity contribution in [1.82, 2.24) is 20.2 Å². The van der Waals surface area contributed by atoms with Crippen molar-refractivity contribution >= 4 is 0 Å². The highest BCUT2D eigenvalue weighted by Gasteiger charge is 2.43. The molecule has 0 aliphatic rings. The summed E-state index contributed by atoms with van der Waals surface area (Å²) in [4.78, 5) is 0. The minimum atomic E-state index is -4.84. The molecule has 0 aliphatic carbocycles. The van der Waals surface area contributed by atoms with Crippen LogP contribution in [0.5, 0.6) is 0 Å². The summed E-state index contributed by atoms with van der Waals surface area (Å²) >= 11 is 0. The van der Waals surface area contributed by atoms with Crippen LogP contribution in [0.4, 0.5) is 26.3 Å². The second-order valence-electron chi connectivity index (χ2n) is 4.42. The SMILES string of the molecule is OC(Cn1cnnn1)(c1ccc(C(F)(F)F)cc1F)C(F)F. The van der Waals surface area contributed by atoms with E-state index in [1.807, 2.05) is 0 Å². The number of nitrogens with zero attached hydrogens (tertiary/aromatic N) is 4. The minimum absolute atomic E-state index is 0.0439. The van der Waals surface area contributed by atoms with E-state index in [-0.39, 0.29) is 6.07 Å². The highest BCUT2D eigenvalue weighted by Crippen LogP contribution is 2.35. The van der Waals surface area contributed by atoms with Gasteiger partial charge in [-0.15, -0.1) is 5.10 Å². The molecule has 1 N–H and O–H groups in total. The van der Waals surface area contributed by atoms with Crippen molar-refractivity contribution in [3.63, 3.8) is 0 Å². The Morgan fingerprint density at radius 3 is 2.36 bits per heavy atom. The Labute approximate surface area is 119 Å². The molecule has 0 aliphatic heterocycles. The summed E-state index contributed by atoms with van der Waals surface area (Å²) in [5.41, 5.74) is -5.41. The van der Waals surface area contributed by atoms with E-state index in [9.17, 15) is 31.4 Å². The van der Waals surface area contributed by atoms with Crippen molar-refractivity contribution in [1.29, 1.82) is 0 Å². The van der Waals surface area contributed by atoms with Crippen LogP contribution in [0.3, 0.4) is 0 Å². The maximum atomic E-state index is 13.8. The molecule has 11 heteroatoms. The molecule has 0 radical (unpaired) electrons. The van der Waals surface area contributed by atoms with Gasteiger partial charge in [0.05, 0.1) is 12.1 Å². The minimum Gasteiger partial charge on any atom is -0.377 e. The lowest BCUT2D eigenvalue weighted by Crippen LogP contribution is -2.40. The lowest BCUT2D eigenvalue weighted by atomic mass is 9.92. The van der Waals surface area contributed by atoms with Crippen LogP contribution in [0.2, 0.25) is 0 Å². The topological polar surface area (TPSA) is 63.8 Å². The second kappa shape index (κ2) is 5.55. The molecule has 0 amide bonds. The fourth-order valence-corrected chi connectivity index (χ4v) is 1.81. The zero-order valence-electron chi connectivity index (χ0n) is 10.6. The third-order valence-electron chi connectivity index (χ3n) is 2.92. The first-order chi connectivity index (χ1) is 10.1. The van der Waals surface area contributed by atoms with E-state index in [1.165, 1.54) is 0 Å². The molecule has 1 unspecified atom stereocenters. The number of hydrogen-bond acceptors (Lipinski definition) is 4. The molecule has 2 aromatic rings. The predicted molar refractivity (Wildman–Crippen MR) is 59.1 cm³/mol. The fourth-order valence-electron chi connectivity index (χ4n) is 1.81. The van der Waals surface area contributed by atoms with Crippen LogP contribution in [0.15, 0.2) is 24.5 Å². The Balaban J connectivity index is 2.45. The average Bonchev–Trinajstić information content (AvgIpc) is 2.89. The van der Waals surface area contributed by atoms with Gasteiger partial charge in [0.1, 0.15) is 12.1 Å². The summed E-state index contributed by atoms with van der Waals surface area (Å²) in [5.74, 6) is -1.61. The van der Waals surface area contributed by atoms with Crippen LogP contribution in [0.1, 0.15) is 11.1 Å². The standard InChI is InChI=1S/C11H8F6N4O/c12-8-3-6(11(15,16)17)1-2-7(8)10(22,9(13)14)4-21-5-18-19-20-21/h1-3,5,9,22H,4H2. The summed E-state index contributed by atoms with van der Waals surface area (Å²) in [5, 5.41) is 19.6. The van der Waals surface area contributed by atoms with Gasteiger partial charge in [0.2, 0.25) is 0 Å². The van der Waals surface area contributed by atoms with Gasteiger partial charge in [-0.05, 0) is 22.6 Å². The Kier molecular flexibility index (Phi) is 4.09. The monoisotopic (exact) mass is 326 g/mol. The quantitative estimate of drug-likeness (QED) is 0.873. The molecule has 0 fully saturated rings. The third-order valence-corrected chi connectivity index (χ3v) is 2.92. The fraction of sp³-hybridized carbons (Fsp3) is 0.364. The number of hydrogen-bond donors (Lipinski definition) is 1. The Morgan fingerprint density at radius 2 is 1.91 bits per heavy atom. The molecule has 0 saturated carbocycles. The summed E-state index contributed by atoms with van der Waals surface area (Å²) in [6, 6.07) is 0.919. The summed E-state index contributed by atoms with van der Waals surface area (Å²) in [6.45, 7) is -0.931. The number of aromatic nitrogens is 4. The zero-order valence-corrected chi connectivity index (χ0v) is 10.6. The van der Waals surface area contributed by atoms with Crippen LogP contribution in [-0.4, -0.2) is 31.7 Å². The van der Waals surface area contributed by atoms with Crippen molar-refractivity contribution in [2.75, 3.05) is 0 Å². The van der Waals surface area contributed by atoms with Gasteiger partial charge in [0, 0.05) is 5.56 Å². The second-order valence-corrected chi connectivity index (χ2v) is 4.42. The molecule has 1 aromatic heterocycles. The first kappa shape index (κ1) is 16.2. The van der Waals surface area contributed by atoms with Crippen molar-refractivity contribution in [2.24, 2.45) is 0 Å². The molecule has 120 valence electrons. The molecule has 1 atom stereocenters. The van der Waals surface area contributed by atoms with Crippen molar-refractivity contribution < 1.29 is 31.4 Å². The smallest absolute Gasteiger partial charge is 0.377 e. The van der Waals surface area contributed by atoms with E-state index in [0.29, 0.717) is 16.8 Å². The first-order valence-electron chi connectivity index (χ1n) is 5.73. The van der Waals surface area contributed by atoms with Crippen molar-refractivity contribution in [2.45, 2.75) is 24.7 Å². The zero-order chi connectivity index (χ0) is 16.5. The molecule has 0 saturated heterocycles. The lowest BCUT2D eigenvalue weighted by Gasteiger charge is -2.28. The molecule has 0 bridgehead atoms. The van der Waals surface area contributed by atoms with Gasteiger partial charge < -0.3 is 5.11 Å². The number of rotatable bonds is 4. The Morgan fingerprint density at radius 1 is 1.23 bits per heavy atom. The number of halogens is 6. The summed E-state index contributed by atoms with van der Waals surface area (Å²) < 4.78 is 78.2. The van der Waals surface area contributed by atoms with E-state index in [0.717, 1.165) is 6.33 Å². The number of alkyl halides is 5. The van der Waals surface area contributed by atoms with Gasteiger partial charge >= 0.3 is 6.18 Å². The number of benzene rings is 1. The van der Waals surface area contributed by atoms with Crippen LogP contribution in [-0.2, 0) is 18.3 Å². The molecule has 5 nitrogen and oxygen atoms in total. The van der Waals surface area contributed by atoms with E-state index in [2.05, 4.69) is 15.5 Å². The number of tetrazole rings is 1. The Bertz CT molecular complexity index is 645. The van der Waals surface area contributed by atoms with E-state index < -0.39 is 41.7 Å². The van der Waals surface area contributed by atoms with Crippen LogP contribution >= 0.6 is 0 Å². The Hall–Kier alpha value is -2.17. The molecule has 22 heavy (non-hydrogen) atoms. The molecule has 0 spiro atoms. The molecular formula is C11H8F6N4O. The maximum Gasteiger partial charge on any atom is 0.416 e. The molecule has 1 heterocycles. The van der Waals surface area contributed by atoms with Gasteiger partial charge in [0.15, 0.2) is 5.60 Å². The molecular weight excluding hydrogens is 318 g/mol. The van der Waals surface area contributed by atoms with Crippen LogP contribution in [0.25, 0.3) is 0 Å². The van der Waals surface area contributed by atoms with Crippen molar-refractivity contribution in [3.8, 4) is 0 Å². The maximum absolute atomic E-state index is 13.8. The predicted octanol–water partition coefficient (Wildman–Crippen LogP) is 1.98. The summed E-state index contributed by atoms with van der Waals surface area (Å²) in [6.07, 6.45) is -7.42. The molecule has 2 rings (SSSR count). The van der Waals surface area contributed by atoms with Gasteiger partial charge in [-0.1, -0.05) is 6.07 Å². The van der Waals surface area contributed by atoms with Crippen molar-refractivity contribution in [3.05, 3.63) is 41.5 Å². The van der Waals surface area contributed by atoms with E-state index in [4.69, 9.17) is 0 Å². The lowest BCUT2D eigenvalue weighted by molar-refractivity contribution is -0.138.